The van der Waals surface area contributed by atoms with E-state index in [0.717, 1.165) is 15.5 Å². The number of thiazole rings is 1. The molecular formula is C13H13FN4OS. The van der Waals surface area contributed by atoms with Crippen LogP contribution in [0.2, 0.25) is 0 Å². The first-order valence-corrected chi connectivity index (χ1v) is 6.91. The van der Waals surface area contributed by atoms with Gasteiger partial charge in [-0.25, -0.2) is 9.37 Å². The Morgan fingerprint density at radius 2 is 2.35 bits per heavy atom. The van der Waals surface area contributed by atoms with E-state index in [-0.39, 0.29) is 5.82 Å². The third kappa shape index (κ3) is 2.78. The maximum atomic E-state index is 13.1. The molecule has 2 aromatic heterocycles. The zero-order valence-corrected chi connectivity index (χ0v) is 11.7. The first-order chi connectivity index (χ1) is 9.74. The molecule has 20 heavy (non-hydrogen) atoms. The highest BCUT2D eigenvalue weighted by atomic mass is 32.1. The quantitative estimate of drug-likeness (QED) is 0.785. The predicted molar refractivity (Wildman–Crippen MR) is 77.0 cm³/mol. The number of nitrogens with zero attached hydrogens (tertiary/aromatic N) is 3. The molecule has 3 aromatic rings. The molecule has 0 aliphatic carbocycles. The summed E-state index contributed by atoms with van der Waals surface area (Å²) in [5.74, 6) is -0.276. The number of hydrogen-bond donors (Lipinski definition) is 1. The lowest BCUT2D eigenvalue weighted by Gasteiger charge is -1.99. The number of ether oxygens (including phenoxy) is 1. The molecule has 0 amide bonds. The Kier molecular flexibility index (Phi) is 3.62. The minimum absolute atomic E-state index is 0.276. The molecule has 0 aliphatic rings. The smallest absolute Gasteiger partial charge is 0.188 e. The van der Waals surface area contributed by atoms with E-state index in [9.17, 15) is 4.39 Å². The van der Waals surface area contributed by atoms with Crippen molar-refractivity contribution in [2.24, 2.45) is 0 Å². The Bertz CT molecular complexity index is 724. The van der Waals surface area contributed by atoms with Gasteiger partial charge in [-0.05, 0) is 12.1 Å². The third-order valence-electron chi connectivity index (χ3n) is 2.76. The zero-order chi connectivity index (χ0) is 13.9. The Labute approximate surface area is 119 Å². The predicted octanol–water partition coefficient (Wildman–Crippen LogP) is 3.02. The number of benzene rings is 1. The molecule has 0 saturated heterocycles. The highest BCUT2D eigenvalue weighted by Crippen LogP contribution is 2.28. The van der Waals surface area contributed by atoms with Crippen LogP contribution in [0.25, 0.3) is 10.2 Å². The van der Waals surface area contributed by atoms with Crippen molar-refractivity contribution in [2.75, 3.05) is 19.0 Å². The van der Waals surface area contributed by atoms with Crippen LogP contribution in [0.5, 0.6) is 0 Å². The summed E-state index contributed by atoms with van der Waals surface area (Å²) in [6.07, 6.45) is 3.61. The summed E-state index contributed by atoms with van der Waals surface area (Å²) in [7, 11) is 1.66. The molecule has 0 spiro atoms. The summed E-state index contributed by atoms with van der Waals surface area (Å²) in [5, 5.41) is 8.10. The van der Waals surface area contributed by atoms with Crippen LogP contribution in [-0.4, -0.2) is 28.5 Å². The van der Waals surface area contributed by atoms with E-state index in [2.05, 4.69) is 15.4 Å². The number of aromatic nitrogens is 3. The van der Waals surface area contributed by atoms with Crippen molar-refractivity contribution in [1.29, 1.82) is 0 Å². The van der Waals surface area contributed by atoms with Gasteiger partial charge in [-0.15, -0.1) is 0 Å². The highest BCUT2D eigenvalue weighted by molar-refractivity contribution is 7.22. The first-order valence-electron chi connectivity index (χ1n) is 6.09. The minimum Gasteiger partial charge on any atom is -0.383 e. The molecule has 0 fully saturated rings. The highest BCUT2D eigenvalue weighted by Gasteiger charge is 2.06. The number of methoxy groups -OCH3 is 1. The van der Waals surface area contributed by atoms with Crippen LogP contribution in [-0.2, 0) is 11.3 Å². The van der Waals surface area contributed by atoms with Crippen molar-refractivity contribution in [3.63, 3.8) is 0 Å². The van der Waals surface area contributed by atoms with Gasteiger partial charge in [0.05, 0.1) is 35.3 Å². The summed E-state index contributed by atoms with van der Waals surface area (Å²) in [6.45, 7) is 1.31. The minimum atomic E-state index is -0.276. The van der Waals surface area contributed by atoms with E-state index in [1.165, 1.54) is 23.5 Å². The second-order valence-corrected chi connectivity index (χ2v) is 5.27. The van der Waals surface area contributed by atoms with Crippen molar-refractivity contribution < 1.29 is 9.13 Å². The summed E-state index contributed by atoms with van der Waals surface area (Å²) < 4.78 is 20.8. The Morgan fingerprint density at radius 3 is 3.20 bits per heavy atom. The lowest BCUT2D eigenvalue weighted by atomic mass is 10.3. The van der Waals surface area contributed by atoms with Crippen LogP contribution in [0.1, 0.15) is 0 Å². The van der Waals surface area contributed by atoms with Crippen LogP contribution < -0.4 is 5.32 Å². The van der Waals surface area contributed by atoms with Gasteiger partial charge in [0, 0.05) is 19.4 Å². The molecule has 0 bridgehead atoms. The van der Waals surface area contributed by atoms with Crippen molar-refractivity contribution in [3.8, 4) is 0 Å². The molecule has 0 atom stereocenters. The van der Waals surface area contributed by atoms with E-state index in [1.54, 1.807) is 24.1 Å². The Balaban J connectivity index is 1.76. The molecule has 1 N–H and O–H groups in total. The molecule has 0 saturated carbocycles. The molecule has 104 valence electrons. The lowest BCUT2D eigenvalue weighted by Crippen LogP contribution is -2.03. The number of rotatable bonds is 5. The average molecular weight is 292 g/mol. The summed E-state index contributed by atoms with van der Waals surface area (Å²) >= 11 is 1.48. The fourth-order valence-electron chi connectivity index (χ4n) is 1.81. The van der Waals surface area contributed by atoms with Crippen LogP contribution in [0.15, 0.2) is 30.6 Å². The maximum absolute atomic E-state index is 13.1. The van der Waals surface area contributed by atoms with Crippen LogP contribution in [0.4, 0.5) is 15.2 Å². The summed E-state index contributed by atoms with van der Waals surface area (Å²) in [4.78, 5) is 4.35. The second kappa shape index (κ2) is 5.56. The fourth-order valence-corrected chi connectivity index (χ4v) is 2.68. The number of anilines is 2. The van der Waals surface area contributed by atoms with Gasteiger partial charge < -0.3 is 10.1 Å². The van der Waals surface area contributed by atoms with Crippen LogP contribution in [0, 0.1) is 5.82 Å². The monoisotopic (exact) mass is 292 g/mol. The summed E-state index contributed by atoms with van der Waals surface area (Å²) in [6, 6.07) is 4.60. The van der Waals surface area contributed by atoms with Gasteiger partial charge in [-0.3, -0.25) is 4.68 Å². The van der Waals surface area contributed by atoms with E-state index < -0.39 is 0 Å². The number of hydrogen-bond acceptors (Lipinski definition) is 5. The normalized spacial score (nSPS) is 11.1. The van der Waals surface area contributed by atoms with E-state index in [4.69, 9.17) is 4.74 Å². The first kappa shape index (κ1) is 13.0. The van der Waals surface area contributed by atoms with Gasteiger partial charge in [0.1, 0.15) is 5.82 Å². The van der Waals surface area contributed by atoms with Gasteiger partial charge >= 0.3 is 0 Å². The Morgan fingerprint density at radius 1 is 1.45 bits per heavy atom. The van der Waals surface area contributed by atoms with Crippen molar-refractivity contribution >= 4 is 32.4 Å². The molecule has 3 rings (SSSR count). The molecule has 5 nitrogen and oxygen atoms in total. The lowest BCUT2D eigenvalue weighted by molar-refractivity contribution is 0.183. The standard InChI is InChI=1S/C13H13FN4OS/c1-19-5-4-18-8-10(7-15-18)16-13-17-11-6-9(14)2-3-12(11)20-13/h2-3,6-8H,4-5H2,1H3,(H,16,17). The van der Waals surface area contributed by atoms with E-state index >= 15 is 0 Å². The molecule has 2 heterocycles. The van der Waals surface area contributed by atoms with Crippen molar-refractivity contribution in [2.45, 2.75) is 6.54 Å². The molecule has 1 aromatic carbocycles. The molecular weight excluding hydrogens is 279 g/mol. The van der Waals surface area contributed by atoms with Gasteiger partial charge in [-0.2, -0.15) is 5.10 Å². The van der Waals surface area contributed by atoms with Crippen LogP contribution in [0.3, 0.4) is 0 Å². The van der Waals surface area contributed by atoms with E-state index in [1.807, 2.05) is 6.20 Å². The van der Waals surface area contributed by atoms with Gasteiger partial charge in [0.2, 0.25) is 0 Å². The Hall–Kier alpha value is -1.99. The number of fused-ring (bicyclic) bond motifs is 1. The average Bonchev–Trinajstić information content (AvgIpc) is 3.02. The SMILES string of the molecule is COCCn1cc(Nc2nc3cc(F)ccc3s2)cn1. The second-order valence-electron chi connectivity index (χ2n) is 4.24. The number of nitrogens with one attached hydrogen (secondary N) is 1. The van der Waals surface area contributed by atoms with Crippen LogP contribution >= 0.6 is 11.3 Å². The molecule has 0 radical (unpaired) electrons. The number of halogens is 1. The fraction of sp³-hybridized carbons (Fsp3) is 0.231. The zero-order valence-electron chi connectivity index (χ0n) is 10.8. The van der Waals surface area contributed by atoms with E-state index in [0.29, 0.717) is 18.7 Å². The molecule has 7 heteroatoms. The largest absolute Gasteiger partial charge is 0.383 e. The molecule has 0 unspecified atom stereocenters. The topological polar surface area (TPSA) is 52.0 Å². The maximum Gasteiger partial charge on any atom is 0.188 e. The molecule has 0 aliphatic heterocycles. The summed E-state index contributed by atoms with van der Waals surface area (Å²) in [5.41, 5.74) is 1.50. The van der Waals surface area contributed by atoms with Gasteiger partial charge in [0.25, 0.3) is 0 Å². The van der Waals surface area contributed by atoms with Crippen molar-refractivity contribution in [1.82, 2.24) is 14.8 Å². The van der Waals surface area contributed by atoms with Gasteiger partial charge in [-0.1, -0.05) is 11.3 Å². The van der Waals surface area contributed by atoms with Gasteiger partial charge in [0.15, 0.2) is 5.13 Å². The van der Waals surface area contributed by atoms with Crippen molar-refractivity contribution in [3.05, 3.63) is 36.4 Å². The third-order valence-corrected chi connectivity index (χ3v) is 3.71.